The fraction of sp³-hybridized carbons (Fsp3) is 0.0500. The van der Waals surface area contributed by atoms with Crippen LogP contribution in [0.1, 0.15) is 10.5 Å². The van der Waals surface area contributed by atoms with Gasteiger partial charge in [0.15, 0.2) is 17.4 Å². The highest BCUT2D eigenvalue weighted by molar-refractivity contribution is 7.14. The Balaban J connectivity index is 1.42. The van der Waals surface area contributed by atoms with E-state index in [1.807, 2.05) is 47.8 Å². The second-order valence-electron chi connectivity index (χ2n) is 5.78. The number of amides is 1. The predicted octanol–water partition coefficient (Wildman–Crippen LogP) is 3.55. The van der Waals surface area contributed by atoms with Crippen molar-refractivity contribution in [2.24, 2.45) is 0 Å². The summed E-state index contributed by atoms with van der Waals surface area (Å²) in [5.74, 6) is -1.19. The molecule has 4 rings (SSSR count). The molecule has 1 amide bonds. The Bertz CT molecular complexity index is 1140. The van der Waals surface area contributed by atoms with Gasteiger partial charge in [0, 0.05) is 23.3 Å². The Morgan fingerprint density at radius 1 is 1.07 bits per heavy atom. The Hall–Kier alpha value is -3.65. The minimum Gasteiger partial charge on any atom is -0.451 e. The summed E-state index contributed by atoms with van der Waals surface area (Å²) in [7, 11) is 0. The van der Waals surface area contributed by atoms with E-state index < -0.39 is 18.5 Å². The van der Waals surface area contributed by atoms with Gasteiger partial charge in [0.25, 0.3) is 5.91 Å². The third-order valence-electron chi connectivity index (χ3n) is 3.92. The van der Waals surface area contributed by atoms with Gasteiger partial charge in [-0.3, -0.25) is 15.1 Å². The van der Waals surface area contributed by atoms with Gasteiger partial charge < -0.3 is 4.74 Å². The summed E-state index contributed by atoms with van der Waals surface area (Å²) in [6, 6.07) is 14.0. The van der Waals surface area contributed by atoms with Crippen molar-refractivity contribution in [1.82, 2.24) is 15.0 Å². The number of nitrogens with zero attached hydrogens (tertiary/aromatic N) is 3. The van der Waals surface area contributed by atoms with Crippen LogP contribution in [-0.2, 0) is 9.53 Å². The van der Waals surface area contributed by atoms with E-state index in [9.17, 15) is 9.59 Å². The number of hydrogen-bond donors (Lipinski definition) is 1. The van der Waals surface area contributed by atoms with Gasteiger partial charge in [0.1, 0.15) is 0 Å². The van der Waals surface area contributed by atoms with E-state index in [0.717, 1.165) is 22.0 Å². The van der Waals surface area contributed by atoms with E-state index in [1.54, 1.807) is 0 Å². The van der Waals surface area contributed by atoms with Crippen LogP contribution in [-0.4, -0.2) is 33.4 Å². The van der Waals surface area contributed by atoms with Gasteiger partial charge in [-0.2, -0.15) is 0 Å². The first kappa shape index (κ1) is 17.7. The maximum absolute atomic E-state index is 12.0. The summed E-state index contributed by atoms with van der Waals surface area (Å²) in [6.07, 6.45) is 4.10. The maximum Gasteiger partial charge on any atom is 0.359 e. The van der Waals surface area contributed by atoms with Gasteiger partial charge >= 0.3 is 5.97 Å². The lowest BCUT2D eigenvalue weighted by molar-refractivity contribution is -0.119. The van der Waals surface area contributed by atoms with E-state index in [-0.39, 0.29) is 5.69 Å². The smallest absolute Gasteiger partial charge is 0.359 e. The van der Waals surface area contributed by atoms with Crippen molar-refractivity contribution in [3.8, 4) is 11.3 Å². The van der Waals surface area contributed by atoms with Crippen LogP contribution in [0.3, 0.4) is 0 Å². The van der Waals surface area contributed by atoms with Crippen molar-refractivity contribution in [1.29, 1.82) is 0 Å². The Kier molecular flexibility index (Phi) is 5.03. The van der Waals surface area contributed by atoms with Gasteiger partial charge in [-0.1, -0.05) is 42.5 Å². The number of nitrogens with one attached hydrogen (secondary N) is 1. The molecule has 0 aliphatic heterocycles. The van der Waals surface area contributed by atoms with Crippen LogP contribution in [0.2, 0.25) is 0 Å². The van der Waals surface area contributed by atoms with Crippen molar-refractivity contribution in [3.63, 3.8) is 0 Å². The molecule has 7 nitrogen and oxygen atoms in total. The number of carbonyl (C=O) groups excluding carboxylic acids is 2. The summed E-state index contributed by atoms with van der Waals surface area (Å²) in [6.45, 7) is -0.432. The summed E-state index contributed by atoms with van der Waals surface area (Å²) >= 11 is 1.31. The molecule has 0 saturated carbocycles. The molecular weight excluding hydrogens is 376 g/mol. The van der Waals surface area contributed by atoms with Crippen LogP contribution >= 0.6 is 11.3 Å². The fourth-order valence-corrected chi connectivity index (χ4v) is 3.40. The molecule has 1 N–H and O–H groups in total. The molecule has 138 valence electrons. The molecule has 8 heteroatoms. The SMILES string of the molecule is O=C(COC(=O)c1cnccn1)Nc1nc(-c2cccc3ccccc23)cs1. The quantitative estimate of drug-likeness (QED) is 0.524. The fourth-order valence-electron chi connectivity index (χ4n) is 2.67. The zero-order valence-electron chi connectivity index (χ0n) is 14.5. The zero-order valence-corrected chi connectivity index (χ0v) is 15.3. The number of rotatable bonds is 5. The number of aromatic nitrogens is 3. The molecule has 4 aromatic rings. The minimum absolute atomic E-state index is 0.0443. The number of benzene rings is 2. The first-order valence-corrected chi connectivity index (χ1v) is 9.25. The Labute approximate surface area is 164 Å². The average molecular weight is 390 g/mol. The molecule has 0 spiro atoms. The molecule has 0 fully saturated rings. The Morgan fingerprint density at radius 2 is 1.93 bits per heavy atom. The molecule has 2 aromatic heterocycles. The third kappa shape index (κ3) is 3.86. The van der Waals surface area contributed by atoms with E-state index in [0.29, 0.717) is 5.13 Å². The van der Waals surface area contributed by atoms with Crippen LogP contribution < -0.4 is 5.32 Å². The first-order chi connectivity index (χ1) is 13.7. The topological polar surface area (TPSA) is 94.1 Å². The van der Waals surface area contributed by atoms with E-state index in [2.05, 4.69) is 20.3 Å². The standard InChI is InChI=1S/C20H14N4O3S/c25-18(11-27-19(26)16-10-21-8-9-22-16)24-20-23-17(12-28-20)15-7-3-5-13-4-1-2-6-14(13)15/h1-10,12H,11H2,(H,23,24,25). The average Bonchev–Trinajstić information content (AvgIpc) is 3.20. The molecule has 0 atom stereocenters. The van der Waals surface area contributed by atoms with Crippen molar-refractivity contribution < 1.29 is 14.3 Å². The predicted molar refractivity (Wildman–Crippen MR) is 106 cm³/mol. The largest absolute Gasteiger partial charge is 0.451 e. The number of esters is 1. The summed E-state index contributed by atoms with van der Waals surface area (Å²) in [5, 5.41) is 7.16. The highest BCUT2D eigenvalue weighted by Crippen LogP contribution is 2.30. The molecule has 2 aromatic carbocycles. The highest BCUT2D eigenvalue weighted by Gasteiger charge is 2.14. The second kappa shape index (κ2) is 7.93. The first-order valence-electron chi connectivity index (χ1n) is 8.37. The summed E-state index contributed by atoms with van der Waals surface area (Å²) < 4.78 is 4.93. The van der Waals surface area contributed by atoms with Crippen LogP contribution in [0.15, 0.2) is 66.4 Å². The number of ether oxygens (including phenoxy) is 1. The van der Waals surface area contributed by atoms with E-state index >= 15 is 0 Å². The van der Waals surface area contributed by atoms with Gasteiger partial charge in [-0.05, 0) is 10.8 Å². The number of fused-ring (bicyclic) bond motifs is 1. The molecule has 28 heavy (non-hydrogen) atoms. The number of carbonyl (C=O) groups is 2. The number of hydrogen-bond acceptors (Lipinski definition) is 7. The van der Waals surface area contributed by atoms with Gasteiger partial charge in [0.2, 0.25) is 0 Å². The zero-order chi connectivity index (χ0) is 19.3. The van der Waals surface area contributed by atoms with Gasteiger partial charge in [-0.15, -0.1) is 11.3 Å². The molecule has 0 aliphatic carbocycles. The molecule has 2 heterocycles. The molecular formula is C20H14N4O3S. The molecule has 0 bridgehead atoms. The summed E-state index contributed by atoms with van der Waals surface area (Å²) in [5.41, 5.74) is 1.81. The van der Waals surface area contributed by atoms with Crippen molar-refractivity contribution in [3.05, 3.63) is 72.1 Å². The number of anilines is 1. The lowest BCUT2D eigenvalue weighted by Gasteiger charge is -2.04. The van der Waals surface area contributed by atoms with Crippen molar-refractivity contribution in [2.45, 2.75) is 0 Å². The monoisotopic (exact) mass is 390 g/mol. The normalized spacial score (nSPS) is 10.6. The van der Waals surface area contributed by atoms with Crippen LogP contribution in [0.5, 0.6) is 0 Å². The molecule has 0 radical (unpaired) electrons. The van der Waals surface area contributed by atoms with Crippen molar-refractivity contribution in [2.75, 3.05) is 11.9 Å². The van der Waals surface area contributed by atoms with Crippen LogP contribution in [0.25, 0.3) is 22.0 Å². The molecule has 0 aliphatic rings. The third-order valence-corrected chi connectivity index (χ3v) is 4.68. The van der Waals surface area contributed by atoms with E-state index in [1.165, 1.54) is 29.9 Å². The van der Waals surface area contributed by atoms with Crippen LogP contribution in [0, 0.1) is 0 Å². The van der Waals surface area contributed by atoms with Crippen molar-refractivity contribution >= 4 is 39.1 Å². The maximum atomic E-state index is 12.0. The lowest BCUT2D eigenvalue weighted by atomic mass is 10.0. The van der Waals surface area contributed by atoms with Gasteiger partial charge in [0.05, 0.1) is 11.9 Å². The lowest BCUT2D eigenvalue weighted by Crippen LogP contribution is -2.21. The summed E-state index contributed by atoms with van der Waals surface area (Å²) in [4.78, 5) is 35.9. The minimum atomic E-state index is -0.709. The molecule has 0 saturated heterocycles. The van der Waals surface area contributed by atoms with E-state index in [4.69, 9.17) is 4.74 Å². The Morgan fingerprint density at radius 3 is 2.79 bits per heavy atom. The number of thiazole rings is 1. The second-order valence-corrected chi connectivity index (χ2v) is 6.64. The molecule has 0 unspecified atom stereocenters. The highest BCUT2D eigenvalue weighted by atomic mass is 32.1. The van der Waals surface area contributed by atoms with Crippen LogP contribution in [0.4, 0.5) is 5.13 Å². The van der Waals surface area contributed by atoms with Gasteiger partial charge in [-0.25, -0.2) is 14.8 Å².